The molecule has 0 aliphatic heterocycles. The van der Waals surface area contributed by atoms with Crippen LogP contribution >= 0.6 is 0 Å². The fourth-order valence-corrected chi connectivity index (χ4v) is 5.27. The van der Waals surface area contributed by atoms with Crippen molar-refractivity contribution in [1.82, 2.24) is 5.32 Å². The lowest BCUT2D eigenvalue weighted by Gasteiger charge is -2.57. The predicted molar refractivity (Wildman–Crippen MR) is 86.8 cm³/mol. The van der Waals surface area contributed by atoms with Crippen LogP contribution in [0.15, 0.2) is 24.3 Å². The van der Waals surface area contributed by atoms with Crippen molar-refractivity contribution in [2.24, 2.45) is 23.2 Å². The Labute approximate surface area is 129 Å². The summed E-state index contributed by atoms with van der Waals surface area (Å²) in [5.74, 6) is 2.76. The minimum absolute atomic E-state index is 0.00613. The first kappa shape index (κ1) is 14.9. The number of carbonyl (C=O) groups excluding carboxylic acids is 1. The number of rotatable bonds is 3. The predicted octanol–water partition coefficient (Wildman–Crippen LogP) is 4.23. The highest BCUT2D eigenvalue weighted by Gasteiger charge is 2.51. The van der Waals surface area contributed by atoms with Crippen LogP contribution in [-0.2, 0) is 4.79 Å². The van der Waals surface area contributed by atoms with Crippen molar-refractivity contribution >= 4 is 5.91 Å². The van der Waals surface area contributed by atoms with Crippen molar-refractivity contribution in [3.05, 3.63) is 24.3 Å². The highest BCUT2D eigenvalue weighted by Crippen LogP contribution is 2.62. The molecule has 4 bridgehead atoms. The van der Waals surface area contributed by atoms with E-state index in [0.29, 0.717) is 5.41 Å². The maximum absolute atomic E-state index is 12.0. The lowest BCUT2D eigenvalue weighted by atomic mass is 9.48. The van der Waals surface area contributed by atoms with Gasteiger partial charge in [0.05, 0.1) is 0 Å². The standard InChI is InChI=1S/C19H29NO/c1-13(5-6-17(21)20-18(2,3)4)19-10-14-7-15(11-19)9-16(8-14)12-19/h5-6,14-16H,1,7-12H2,2-4H3,(H,20,21)/b6-5+. The molecule has 116 valence electrons. The van der Waals surface area contributed by atoms with E-state index < -0.39 is 0 Å². The molecule has 21 heavy (non-hydrogen) atoms. The first-order chi connectivity index (χ1) is 9.76. The van der Waals surface area contributed by atoms with Crippen LogP contribution in [0.2, 0.25) is 0 Å². The number of amides is 1. The third kappa shape index (κ3) is 3.09. The summed E-state index contributed by atoms with van der Waals surface area (Å²) < 4.78 is 0. The summed E-state index contributed by atoms with van der Waals surface area (Å²) in [5.41, 5.74) is 1.34. The minimum Gasteiger partial charge on any atom is -0.348 e. The maximum Gasteiger partial charge on any atom is 0.244 e. The van der Waals surface area contributed by atoms with Gasteiger partial charge in [-0.25, -0.2) is 0 Å². The Morgan fingerprint density at radius 3 is 1.95 bits per heavy atom. The van der Waals surface area contributed by atoms with Gasteiger partial charge in [0, 0.05) is 11.6 Å². The highest BCUT2D eigenvalue weighted by atomic mass is 16.1. The molecule has 0 unspecified atom stereocenters. The summed E-state index contributed by atoms with van der Waals surface area (Å²) in [6.45, 7) is 10.4. The van der Waals surface area contributed by atoms with Crippen LogP contribution in [0.3, 0.4) is 0 Å². The average molecular weight is 287 g/mol. The smallest absolute Gasteiger partial charge is 0.244 e. The van der Waals surface area contributed by atoms with Gasteiger partial charge < -0.3 is 5.32 Å². The van der Waals surface area contributed by atoms with Crippen LogP contribution in [0.1, 0.15) is 59.3 Å². The van der Waals surface area contributed by atoms with Gasteiger partial charge in [-0.15, -0.1) is 0 Å². The molecule has 0 aromatic carbocycles. The average Bonchev–Trinajstić information content (AvgIpc) is 2.32. The number of hydrogen-bond acceptors (Lipinski definition) is 1. The Kier molecular flexibility index (Phi) is 3.54. The van der Waals surface area contributed by atoms with E-state index in [-0.39, 0.29) is 11.4 Å². The zero-order valence-electron chi connectivity index (χ0n) is 13.7. The molecule has 2 nitrogen and oxygen atoms in total. The zero-order valence-corrected chi connectivity index (χ0v) is 13.7. The Hall–Kier alpha value is -1.05. The van der Waals surface area contributed by atoms with E-state index in [1.807, 2.05) is 26.8 Å². The third-order valence-electron chi connectivity index (χ3n) is 5.65. The molecule has 0 saturated heterocycles. The Morgan fingerprint density at radius 2 is 1.52 bits per heavy atom. The van der Waals surface area contributed by atoms with Crippen LogP contribution in [0, 0.1) is 23.2 Å². The molecule has 0 heterocycles. The lowest BCUT2D eigenvalue weighted by Crippen LogP contribution is -2.46. The second-order valence-corrected chi connectivity index (χ2v) is 8.80. The van der Waals surface area contributed by atoms with Gasteiger partial charge >= 0.3 is 0 Å². The van der Waals surface area contributed by atoms with Crippen LogP contribution < -0.4 is 5.32 Å². The number of carbonyl (C=O) groups is 1. The van der Waals surface area contributed by atoms with Crippen LogP contribution in [0.25, 0.3) is 0 Å². The van der Waals surface area contributed by atoms with E-state index in [1.54, 1.807) is 6.08 Å². The molecule has 0 spiro atoms. The van der Waals surface area contributed by atoms with Gasteiger partial charge in [0.2, 0.25) is 5.91 Å². The SMILES string of the molecule is C=C(/C=C/C(=O)NC(C)(C)C)C12CC3CC(CC(C3)C1)C2. The quantitative estimate of drug-likeness (QED) is 0.611. The largest absolute Gasteiger partial charge is 0.348 e. The van der Waals surface area contributed by atoms with Gasteiger partial charge in [-0.1, -0.05) is 12.7 Å². The molecule has 4 fully saturated rings. The Morgan fingerprint density at radius 1 is 1.05 bits per heavy atom. The molecule has 4 saturated carbocycles. The van der Waals surface area contributed by atoms with Crippen molar-refractivity contribution in [2.75, 3.05) is 0 Å². The molecular weight excluding hydrogens is 258 g/mol. The second-order valence-electron chi connectivity index (χ2n) is 8.80. The van der Waals surface area contributed by atoms with Gasteiger partial charge in [0.25, 0.3) is 0 Å². The summed E-state index contributed by atoms with van der Waals surface area (Å²) in [6, 6.07) is 0. The highest BCUT2D eigenvalue weighted by molar-refractivity contribution is 5.88. The topological polar surface area (TPSA) is 29.1 Å². The molecular formula is C19H29NO. The molecule has 0 aromatic heterocycles. The van der Waals surface area contributed by atoms with E-state index in [1.165, 1.54) is 44.1 Å². The molecule has 2 heteroatoms. The first-order valence-electron chi connectivity index (χ1n) is 8.45. The second kappa shape index (κ2) is 5.00. The van der Waals surface area contributed by atoms with Crippen LogP contribution in [-0.4, -0.2) is 11.4 Å². The summed E-state index contributed by atoms with van der Waals surface area (Å²) in [5, 5.41) is 2.98. The van der Waals surface area contributed by atoms with Crippen LogP contribution in [0.4, 0.5) is 0 Å². The van der Waals surface area contributed by atoms with Gasteiger partial charge in [-0.2, -0.15) is 0 Å². The number of allylic oxidation sites excluding steroid dienone is 2. The molecule has 1 amide bonds. The summed E-state index contributed by atoms with van der Waals surface area (Å²) in [7, 11) is 0. The Bertz CT molecular complexity index is 445. The number of hydrogen-bond donors (Lipinski definition) is 1. The van der Waals surface area contributed by atoms with E-state index in [9.17, 15) is 4.79 Å². The third-order valence-corrected chi connectivity index (χ3v) is 5.65. The summed E-state index contributed by atoms with van der Waals surface area (Å²) in [4.78, 5) is 12.0. The van der Waals surface area contributed by atoms with Gasteiger partial charge in [0.1, 0.15) is 0 Å². The summed E-state index contributed by atoms with van der Waals surface area (Å²) in [6.07, 6.45) is 11.9. The molecule has 0 radical (unpaired) electrons. The molecule has 4 rings (SSSR count). The van der Waals surface area contributed by atoms with Gasteiger partial charge in [-0.3, -0.25) is 4.79 Å². The van der Waals surface area contributed by atoms with Gasteiger partial charge in [0.15, 0.2) is 0 Å². The summed E-state index contributed by atoms with van der Waals surface area (Å²) >= 11 is 0. The molecule has 1 N–H and O–H groups in total. The zero-order chi connectivity index (χ0) is 15.3. The van der Waals surface area contributed by atoms with Crippen molar-refractivity contribution < 1.29 is 4.79 Å². The van der Waals surface area contributed by atoms with Gasteiger partial charge in [-0.05, 0) is 88.0 Å². The van der Waals surface area contributed by atoms with Crippen molar-refractivity contribution in [2.45, 2.75) is 64.8 Å². The maximum atomic E-state index is 12.0. The van der Waals surface area contributed by atoms with Crippen molar-refractivity contribution in [1.29, 1.82) is 0 Å². The fraction of sp³-hybridized carbons (Fsp3) is 0.737. The van der Waals surface area contributed by atoms with E-state index in [0.717, 1.165) is 17.8 Å². The molecule has 0 aromatic rings. The van der Waals surface area contributed by atoms with E-state index in [4.69, 9.17) is 0 Å². The molecule has 4 aliphatic rings. The first-order valence-corrected chi connectivity index (χ1v) is 8.45. The molecule has 4 aliphatic carbocycles. The fourth-order valence-electron chi connectivity index (χ4n) is 5.27. The Balaban J connectivity index is 1.67. The van der Waals surface area contributed by atoms with Crippen molar-refractivity contribution in [3.63, 3.8) is 0 Å². The molecule has 0 atom stereocenters. The number of nitrogens with one attached hydrogen (secondary N) is 1. The monoisotopic (exact) mass is 287 g/mol. The lowest BCUT2D eigenvalue weighted by molar-refractivity contribution is -0.117. The normalized spacial score (nSPS) is 38.0. The van der Waals surface area contributed by atoms with Crippen LogP contribution in [0.5, 0.6) is 0 Å². The van der Waals surface area contributed by atoms with E-state index in [2.05, 4.69) is 11.9 Å². The van der Waals surface area contributed by atoms with Crippen molar-refractivity contribution in [3.8, 4) is 0 Å². The minimum atomic E-state index is -0.177. The van der Waals surface area contributed by atoms with E-state index >= 15 is 0 Å².